The molecule has 0 amide bonds. The van der Waals surface area contributed by atoms with Crippen LogP contribution in [0.2, 0.25) is 5.02 Å². The van der Waals surface area contributed by atoms with Crippen LogP contribution >= 0.6 is 11.6 Å². The molecule has 1 aliphatic heterocycles. The maximum absolute atomic E-state index is 12.4. The number of halogens is 1. The Kier molecular flexibility index (Phi) is 3.61. The van der Waals surface area contributed by atoms with Gasteiger partial charge in [0.25, 0.3) is 0 Å². The molecule has 1 atom stereocenters. The minimum Gasteiger partial charge on any atom is -0.480 e. The summed E-state index contributed by atoms with van der Waals surface area (Å²) in [6.45, 7) is -0.238. The molecular weight excluding hydrogens is 364 g/mol. The van der Waals surface area contributed by atoms with E-state index < -0.39 is 22.0 Å². The summed E-state index contributed by atoms with van der Waals surface area (Å²) in [4.78, 5) is 11.4. The number of nitrogens with zero attached hydrogens (tertiary/aromatic N) is 1. The zero-order valence-corrected chi connectivity index (χ0v) is 14.4. The van der Waals surface area contributed by atoms with Crippen LogP contribution in [0.5, 0.6) is 0 Å². The average molecular weight is 377 g/mol. The first-order valence-electron chi connectivity index (χ1n) is 7.48. The second-order valence-electron chi connectivity index (χ2n) is 5.86. The largest absolute Gasteiger partial charge is 0.480 e. The number of rotatable bonds is 3. The van der Waals surface area contributed by atoms with Crippen molar-refractivity contribution in [3.05, 3.63) is 64.8 Å². The molecule has 0 fully saturated rings. The van der Waals surface area contributed by atoms with Gasteiger partial charge in [0, 0.05) is 22.2 Å². The van der Waals surface area contributed by atoms with Gasteiger partial charge in [0.05, 0.1) is 16.5 Å². The van der Waals surface area contributed by atoms with Crippen molar-refractivity contribution < 1.29 is 18.3 Å². The van der Waals surface area contributed by atoms with E-state index in [0.29, 0.717) is 21.7 Å². The highest BCUT2D eigenvalue weighted by Gasteiger charge is 2.36. The van der Waals surface area contributed by atoms with Crippen molar-refractivity contribution in [3.63, 3.8) is 0 Å². The van der Waals surface area contributed by atoms with Crippen LogP contribution in [0, 0.1) is 0 Å². The topological polar surface area (TPSA) is 88.4 Å². The molecule has 128 valence electrons. The molecule has 0 aliphatic carbocycles. The lowest BCUT2D eigenvalue weighted by Gasteiger charge is -2.09. The van der Waals surface area contributed by atoms with Gasteiger partial charge >= 0.3 is 5.97 Å². The molecule has 4 rings (SSSR count). The molecule has 2 heterocycles. The van der Waals surface area contributed by atoms with Crippen molar-refractivity contribution in [2.45, 2.75) is 17.5 Å². The molecule has 1 unspecified atom stereocenters. The number of benzene rings is 2. The van der Waals surface area contributed by atoms with Crippen LogP contribution in [0.3, 0.4) is 0 Å². The van der Waals surface area contributed by atoms with E-state index in [1.807, 2.05) is 0 Å². The van der Waals surface area contributed by atoms with E-state index in [1.165, 1.54) is 0 Å². The Morgan fingerprint density at radius 2 is 1.96 bits per heavy atom. The Labute approximate surface area is 148 Å². The first kappa shape index (κ1) is 16.1. The average Bonchev–Trinajstić information content (AvgIpc) is 3.03. The number of carbonyl (C=O) groups is 1. The van der Waals surface area contributed by atoms with Crippen LogP contribution in [0.4, 0.5) is 0 Å². The first-order chi connectivity index (χ1) is 11.9. The van der Waals surface area contributed by atoms with Crippen molar-refractivity contribution in [2.75, 3.05) is 0 Å². The Morgan fingerprint density at radius 3 is 2.72 bits per heavy atom. The van der Waals surface area contributed by atoms with E-state index in [0.717, 1.165) is 5.39 Å². The summed E-state index contributed by atoms with van der Waals surface area (Å²) in [7, 11) is -3.60. The fraction of sp³-hybridized carbons (Fsp3) is 0.118. The van der Waals surface area contributed by atoms with E-state index in [2.05, 4.69) is 4.72 Å². The number of hydrogen-bond donors (Lipinski definition) is 2. The van der Waals surface area contributed by atoms with Crippen molar-refractivity contribution >= 4 is 38.5 Å². The SMILES string of the molecule is O=C(O)Cn1cc(C2NS(=O)(=O)c3ccccc32)c2ccc(Cl)cc21. The number of hydrogen-bond acceptors (Lipinski definition) is 3. The zero-order chi connectivity index (χ0) is 17.8. The molecule has 3 aromatic rings. The predicted molar refractivity (Wildman–Crippen MR) is 93.2 cm³/mol. The quantitative estimate of drug-likeness (QED) is 0.735. The Bertz CT molecular complexity index is 1120. The smallest absolute Gasteiger partial charge is 0.323 e. The van der Waals surface area contributed by atoms with Gasteiger partial charge in [0.15, 0.2) is 0 Å². The van der Waals surface area contributed by atoms with Gasteiger partial charge in [0.2, 0.25) is 10.0 Å². The Morgan fingerprint density at radius 1 is 1.20 bits per heavy atom. The maximum atomic E-state index is 12.4. The van der Waals surface area contributed by atoms with Crippen LogP contribution in [0.25, 0.3) is 10.9 Å². The molecular formula is C17H13ClN2O4S. The van der Waals surface area contributed by atoms with E-state index in [1.54, 1.807) is 53.2 Å². The molecule has 0 bridgehead atoms. The molecule has 2 aromatic carbocycles. The van der Waals surface area contributed by atoms with Crippen molar-refractivity contribution in [1.29, 1.82) is 0 Å². The summed E-state index contributed by atoms with van der Waals surface area (Å²) in [6.07, 6.45) is 1.67. The van der Waals surface area contributed by atoms with Gasteiger partial charge in [0.1, 0.15) is 6.54 Å². The number of aliphatic carboxylic acids is 1. The van der Waals surface area contributed by atoms with Gasteiger partial charge in [-0.25, -0.2) is 8.42 Å². The molecule has 0 radical (unpaired) electrons. The van der Waals surface area contributed by atoms with Gasteiger partial charge in [-0.3, -0.25) is 4.79 Å². The van der Waals surface area contributed by atoms with Crippen LogP contribution < -0.4 is 4.72 Å². The second kappa shape index (κ2) is 5.59. The monoisotopic (exact) mass is 376 g/mol. The van der Waals surface area contributed by atoms with Crippen molar-refractivity contribution in [2.24, 2.45) is 0 Å². The highest BCUT2D eigenvalue weighted by Crippen LogP contribution is 2.39. The molecule has 25 heavy (non-hydrogen) atoms. The predicted octanol–water partition coefficient (Wildman–Crippen LogP) is 2.76. The minimum absolute atomic E-state index is 0.238. The van der Waals surface area contributed by atoms with Crippen molar-refractivity contribution in [3.8, 4) is 0 Å². The molecule has 2 N–H and O–H groups in total. The molecule has 1 aliphatic rings. The van der Waals surface area contributed by atoms with Gasteiger partial charge in [-0.15, -0.1) is 0 Å². The normalized spacial score (nSPS) is 18.4. The lowest BCUT2D eigenvalue weighted by Crippen LogP contribution is -2.20. The summed E-state index contributed by atoms with van der Waals surface area (Å²) in [5.41, 5.74) is 1.99. The molecule has 8 heteroatoms. The fourth-order valence-electron chi connectivity index (χ4n) is 3.28. The maximum Gasteiger partial charge on any atom is 0.323 e. The van der Waals surface area contributed by atoms with Crippen LogP contribution in [0.1, 0.15) is 17.2 Å². The highest BCUT2D eigenvalue weighted by molar-refractivity contribution is 7.89. The standard InChI is InChI=1S/C17H13ClN2O4S/c18-10-5-6-11-13(8-20(9-16(21)22)14(11)7-10)17-12-3-1-2-4-15(12)25(23,24)19-17/h1-8,17,19H,9H2,(H,21,22). The highest BCUT2D eigenvalue weighted by atomic mass is 35.5. The first-order valence-corrected chi connectivity index (χ1v) is 9.34. The third kappa shape index (κ3) is 2.60. The Hall–Kier alpha value is -2.35. The number of carboxylic acids is 1. The van der Waals surface area contributed by atoms with E-state index in [4.69, 9.17) is 16.7 Å². The number of sulfonamides is 1. The van der Waals surface area contributed by atoms with Crippen LogP contribution in [-0.4, -0.2) is 24.1 Å². The molecule has 0 saturated heterocycles. The van der Waals surface area contributed by atoms with E-state index in [9.17, 15) is 13.2 Å². The van der Waals surface area contributed by atoms with E-state index in [-0.39, 0.29) is 11.4 Å². The molecule has 6 nitrogen and oxygen atoms in total. The lowest BCUT2D eigenvalue weighted by atomic mass is 9.99. The number of nitrogens with one attached hydrogen (secondary N) is 1. The summed E-state index contributed by atoms with van der Waals surface area (Å²) in [6, 6.07) is 11.4. The number of aromatic nitrogens is 1. The summed E-state index contributed by atoms with van der Waals surface area (Å²) < 4.78 is 29.0. The summed E-state index contributed by atoms with van der Waals surface area (Å²) >= 11 is 6.05. The van der Waals surface area contributed by atoms with Crippen LogP contribution in [0.15, 0.2) is 53.6 Å². The zero-order valence-electron chi connectivity index (χ0n) is 12.8. The lowest BCUT2D eigenvalue weighted by molar-refractivity contribution is -0.137. The van der Waals surface area contributed by atoms with Gasteiger partial charge in [-0.05, 0) is 23.8 Å². The number of carboxylic acid groups (broad SMARTS) is 1. The number of fused-ring (bicyclic) bond motifs is 2. The van der Waals surface area contributed by atoms with Crippen LogP contribution in [-0.2, 0) is 21.4 Å². The Balaban J connectivity index is 1.95. The van der Waals surface area contributed by atoms with Gasteiger partial charge in [-0.1, -0.05) is 35.9 Å². The molecule has 0 saturated carbocycles. The second-order valence-corrected chi connectivity index (χ2v) is 7.98. The third-order valence-corrected chi connectivity index (χ3v) is 6.02. The fourth-order valence-corrected chi connectivity index (χ4v) is 4.89. The summed E-state index contributed by atoms with van der Waals surface area (Å²) in [5.74, 6) is -0.990. The molecule has 0 spiro atoms. The van der Waals surface area contributed by atoms with Gasteiger partial charge < -0.3 is 9.67 Å². The molecule has 1 aromatic heterocycles. The summed E-state index contributed by atoms with van der Waals surface area (Å²) in [5, 5.41) is 10.4. The van der Waals surface area contributed by atoms with E-state index >= 15 is 0 Å². The third-order valence-electron chi connectivity index (χ3n) is 4.28. The minimum atomic E-state index is -3.60. The van der Waals surface area contributed by atoms with Crippen molar-refractivity contribution in [1.82, 2.24) is 9.29 Å². The van der Waals surface area contributed by atoms with Gasteiger partial charge in [-0.2, -0.15) is 4.72 Å².